The Morgan fingerprint density at radius 2 is 2.03 bits per heavy atom. The standard InChI is InChI=1S/C20H18N4O5S/c1-10-17-13(11(9-25)8-21-10)7-14(19(26)29-17)18-23-24-20(30-18)22-15-5-4-12(27-2)6-16(15)28-3/h4-8,25H,9H2,1-3H3,(H,22,24). The molecule has 0 aliphatic carbocycles. The van der Waals surface area contributed by atoms with Gasteiger partial charge in [0.1, 0.15) is 11.5 Å². The SMILES string of the molecule is COc1ccc(Nc2nnc(-c3cc4c(CO)cnc(C)c4oc3=O)s2)c(OC)c1. The Hall–Kier alpha value is -3.50. The summed E-state index contributed by atoms with van der Waals surface area (Å²) in [6.07, 6.45) is 1.56. The van der Waals surface area contributed by atoms with E-state index in [4.69, 9.17) is 13.9 Å². The van der Waals surface area contributed by atoms with Crippen LogP contribution in [-0.4, -0.2) is 34.5 Å². The van der Waals surface area contributed by atoms with E-state index in [-0.39, 0.29) is 12.2 Å². The summed E-state index contributed by atoms with van der Waals surface area (Å²) in [7, 11) is 3.13. The Balaban J connectivity index is 1.72. The lowest BCUT2D eigenvalue weighted by Crippen LogP contribution is -2.05. The first-order chi connectivity index (χ1) is 14.5. The summed E-state index contributed by atoms with van der Waals surface area (Å²) in [6, 6.07) is 6.98. The van der Waals surface area contributed by atoms with E-state index in [0.717, 1.165) is 0 Å². The number of anilines is 2. The van der Waals surface area contributed by atoms with Crippen molar-refractivity contribution in [3.05, 3.63) is 52.1 Å². The minimum absolute atomic E-state index is 0.225. The van der Waals surface area contributed by atoms with Gasteiger partial charge in [-0.3, -0.25) is 4.98 Å². The van der Waals surface area contributed by atoms with Gasteiger partial charge in [0, 0.05) is 23.2 Å². The average Bonchev–Trinajstić information content (AvgIpc) is 3.22. The average molecular weight is 426 g/mol. The van der Waals surface area contributed by atoms with Crippen LogP contribution in [0.25, 0.3) is 21.5 Å². The van der Waals surface area contributed by atoms with Gasteiger partial charge in [0.25, 0.3) is 0 Å². The van der Waals surface area contributed by atoms with Crippen LogP contribution in [0.3, 0.4) is 0 Å². The Bertz CT molecular complexity index is 1280. The van der Waals surface area contributed by atoms with Gasteiger partial charge < -0.3 is 24.3 Å². The fourth-order valence-corrected chi connectivity index (χ4v) is 3.72. The molecular weight excluding hydrogens is 408 g/mol. The second-order valence-corrected chi connectivity index (χ2v) is 7.30. The molecule has 4 aromatic rings. The smallest absolute Gasteiger partial charge is 0.346 e. The summed E-state index contributed by atoms with van der Waals surface area (Å²) in [4.78, 5) is 16.7. The summed E-state index contributed by atoms with van der Waals surface area (Å²) in [5.41, 5.74) is 1.86. The maximum atomic E-state index is 12.6. The first kappa shape index (κ1) is 19.8. The Morgan fingerprint density at radius 3 is 2.77 bits per heavy atom. The quantitative estimate of drug-likeness (QED) is 0.478. The van der Waals surface area contributed by atoms with Crippen LogP contribution in [0.5, 0.6) is 11.5 Å². The number of ether oxygens (including phenoxy) is 2. The lowest BCUT2D eigenvalue weighted by Gasteiger charge is -2.10. The number of benzene rings is 1. The number of aryl methyl sites for hydroxylation is 1. The highest BCUT2D eigenvalue weighted by molar-refractivity contribution is 7.18. The van der Waals surface area contributed by atoms with Crippen molar-refractivity contribution >= 4 is 33.1 Å². The number of rotatable bonds is 6. The van der Waals surface area contributed by atoms with Gasteiger partial charge in [-0.2, -0.15) is 0 Å². The van der Waals surface area contributed by atoms with Gasteiger partial charge in [0.2, 0.25) is 5.13 Å². The monoisotopic (exact) mass is 426 g/mol. The number of aliphatic hydroxyl groups excluding tert-OH is 1. The van der Waals surface area contributed by atoms with Crippen molar-refractivity contribution in [1.82, 2.24) is 15.2 Å². The van der Waals surface area contributed by atoms with Crippen LogP contribution in [-0.2, 0) is 6.61 Å². The predicted molar refractivity (Wildman–Crippen MR) is 113 cm³/mol. The molecule has 2 N–H and O–H groups in total. The maximum Gasteiger partial charge on any atom is 0.346 e. The van der Waals surface area contributed by atoms with Crippen LogP contribution < -0.4 is 20.4 Å². The number of pyridine rings is 1. The fourth-order valence-electron chi connectivity index (χ4n) is 2.96. The molecule has 0 fully saturated rings. The summed E-state index contributed by atoms with van der Waals surface area (Å²) < 4.78 is 16.0. The van der Waals surface area contributed by atoms with Crippen molar-refractivity contribution in [3.8, 4) is 22.1 Å². The highest BCUT2D eigenvalue weighted by atomic mass is 32.1. The molecule has 30 heavy (non-hydrogen) atoms. The first-order valence-electron chi connectivity index (χ1n) is 8.90. The lowest BCUT2D eigenvalue weighted by molar-refractivity contribution is 0.282. The summed E-state index contributed by atoms with van der Waals surface area (Å²) in [6.45, 7) is 1.51. The number of fused-ring (bicyclic) bond motifs is 1. The number of hydrogen-bond donors (Lipinski definition) is 2. The van der Waals surface area contributed by atoms with Crippen molar-refractivity contribution in [2.75, 3.05) is 19.5 Å². The third-order valence-electron chi connectivity index (χ3n) is 4.51. The van der Waals surface area contributed by atoms with E-state index < -0.39 is 5.63 Å². The second-order valence-electron chi connectivity index (χ2n) is 6.32. The Morgan fingerprint density at radius 1 is 1.20 bits per heavy atom. The van der Waals surface area contributed by atoms with Crippen LogP contribution in [0.1, 0.15) is 11.3 Å². The Kier molecular flexibility index (Phi) is 5.34. The molecule has 10 heteroatoms. The molecule has 1 aromatic carbocycles. The molecule has 0 atom stereocenters. The zero-order valence-corrected chi connectivity index (χ0v) is 17.2. The number of aliphatic hydroxyl groups is 1. The van der Waals surface area contributed by atoms with Gasteiger partial charge in [-0.15, -0.1) is 10.2 Å². The van der Waals surface area contributed by atoms with Crippen LogP contribution in [0.4, 0.5) is 10.8 Å². The molecule has 0 aliphatic rings. The van der Waals surface area contributed by atoms with Gasteiger partial charge in [0.15, 0.2) is 10.6 Å². The van der Waals surface area contributed by atoms with E-state index in [0.29, 0.717) is 49.6 Å². The van der Waals surface area contributed by atoms with E-state index in [2.05, 4.69) is 20.5 Å². The molecule has 154 valence electrons. The van der Waals surface area contributed by atoms with Crippen molar-refractivity contribution < 1.29 is 19.0 Å². The number of methoxy groups -OCH3 is 2. The first-order valence-corrected chi connectivity index (χ1v) is 9.71. The molecule has 0 saturated carbocycles. The molecule has 0 spiro atoms. The molecule has 0 amide bonds. The van der Waals surface area contributed by atoms with Crippen LogP contribution in [0, 0.1) is 6.92 Å². The van der Waals surface area contributed by atoms with Gasteiger partial charge in [0.05, 0.1) is 37.8 Å². The van der Waals surface area contributed by atoms with E-state index in [1.807, 2.05) is 0 Å². The fraction of sp³-hybridized carbons (Fsp3) is 0.200. The van der Waals surface area contributed by atoms with Crippen LogP contribution in [0.15, 0.2) is 39.7 Å². The molecule has 0 bridgehead atoms. The highest BCUT2D eigenvalue weighted by Crippen LogP contribution is 2.34. The van der Waals surface area contributed by atoms with Crippen molar-refractivity contribution in [2.45, 2.75) is 13.5 Å². The van der Waals surface area contributed by atoms with Crippen molar-refractivity contribution in [2.24, 2.45) is 0 Å². The highest BCUT2D eigenvalue weighted by Gasteiger charge is 2.17. The molecule has 0 aliphatic heterocycles. The topological polar surface area (TPSA) is 120 Å². The minimum Gasteiger partial charge on any atom is -0.497 e. The maximum absolute atomic E-state index is 12.6. The van der Waals surface area contributed by atoms with E-state index in [9.17, 15) is 9.90 Å². The molecule has 0 radical (unpaired) electrons. The molecule has 0 saturated heterocycles. The molecule has 3 heterocycles. The third-order valence-corrected chi connectivity index (χ3v) is 5.38. The van der Waals surface area contributed by atoms with Gasteiger partial charge in [-0.25, -0.2) is 4.79 Å². The van der Waals surface area contributed by atoms with Gasteiger partial charge >= 0.3 is 5.63 Å². The minimum atomic E-state index is -0.549. The Labute approximate surface area is 174 Å². The number of hydrogen-bond acceptors (Lipinski definition) is 10. The summed E-state index contributed by atoms with van der Waals surface area (Å²) >= 11 is 1.19. The van der Waals surface area contributed by atoms with E-state index >= 15 is 0 Å². The predicted octanol–water partition coefficient (Wildman–Crippen LogP) is 3.27. The lowest BCUT2D eigenvalue weighted by atomic mass is 10.1. The molecular formula is C20H18N4O5S. The summed E-state index contributed by atoms with van der Waals surface area (Å²) in [5, 5.41) is 22.4. The zero-order valence-electron chi connectivity index (χ0n) is 16.4. The van der Waals surface area contributed by atoms with Crippen LogP contribution >= 0.6 is 11.3 Å². The van der Waals surface area contributed by atoms with Gasteiger partial charge in [-0.1, -0.05) is 11.3 Å². The summed E-state index contributed by atoms with van der Waals surface area (Å²) in [5.74, 6) is 1.24. The number of nitrogens with one attached hydrogen (secondary N) is 1. The largest absolute Gasteiger partial charge is 0.497 e. The third kappa shape index (κ3) is 3.58. The van der Waals surface area contributed by atoms with Crippen molar-refractivity contribution in [1.29, 1.82) is 0 Å². The van der Waals surface area contributed by atoms with E-state index in [1.54, 1.807) is 51.6 Å². The zero-order chi connectivity index (χ0) is 21.3. The molecule has 4 rings (SSSR count). The van der Waals surface area contributed by atoms with Crippen LogP contribution in [0.2, 0.25) is 0 Å². The van der Waals surface area contributed by atoms with Crippen molar-refractivity contribution in [3.63, 3.8) is 0 Å². The van der Waals surface area contributed by atoms with E-state index in [1.165, 1.54) is 11.3 Å². The van der Waals surface area contributed by atoms with Gasteiger partial charge in [-0.05, 0) is 25.1 Å². The second kappa shape index (κ2) is 8.09. The number of aromatic nitrogens is 3. The normalized spacial score (nSPS) is 10.9. The molecule has 3 aromatic heterocycles. The molecule has 9 nitrogen and oxygen atoms in total. The molecule has 0 unspecified atom stereocenters. The number of nitrogens with zero attached hydrogens (tertiary/aromatic N) is 3.